The number of para-hydroxylation sites is 6. The van der Waals surface area contributed by atoms with Crippen LogP contribution in [0.25, 0.3) is 67.5 Å². The van der Waals surface area contributed by atoms with E-state index in [9.17, 15) is 0 Å². The summed E-state index contributed by atoms with van der Waals surface area (Å²) in [6, 6.07) is 73.8. The Morgan fingerprint density at radius 3 is 1.13 bits per heavy atom. The van der Waals surface area contributed by atoms with Crippen LogP contribution in [-0.4, -0.2) is 28.1 Å². The highest BCUT2D eigenvalue weighted by Crippen LogP contribution is 2.53. The number of hydrogen-bond acceptors (Lipinski definition) is 0. The van der Waals surface area contributed by atoms with E-state index < -0.39 is 0 Å². The van der Waals surface area contributed by atoms with Crippen LogP contribution < -0.4 is 28.1 Å². The molecular formula is C115H152N12+6. The molecule has 0 amide bonds. The van der Waals surface area contributed by atoms with Gasteiger partial charge in [0.05, 0.1) is 64.8 Å². The van der Waals surface area contributed by atoms with Crippen LogP contribution in [0.2, 0.25) is 0 Å². The standard InChI is InChI=1S/C23H29N2.C19H21N2.2C18H25N2.C17H23N2.C17H17N2.3CH4/c1-16(2)20-11-9-12-21(17(3)4)23(20)19-14-24(6)25(15-19)22-13-8-7-10-18(22)5;1-14-8-5-6-11-18(14)21-13-17(12-20(21)4)19-15(2)9-7-10-16(19)3;1-12-9-8-10-14-15(12)20-16(13(2)11-19(20)7)18(5,6)17(14,3)4;1-12-9-8-10-14-16(12)20-15(11-13(2)19(20)7)18(5,6)17(14,3)4;1-12-8-7-9-13-15(12)19-14(10-11-18(19)6)17(4,5)16(13,2)3;1-14-8-6-7-11-17(14)19-13-16(12-18(19)2)15-9-4-3-5-10-15;;;/h7-17H,1-6H3;5-13H,1-4H3;2*8-11H,1-7H3;7-11H,1-6H3;3-13H,1-2H3;3*1H4/q6*+1;;;. The number of aryl methyl sites for hydroxylation is 15. The Morgan fingerprint density at radius 2 is 0.669 bits per heavy atom. The Morgan fingerprint density at radius 1 is 0.299 bits per heavy atom. The minimum atomic E-state index is 0. The van der Waals surface area contributed by atoms with Gasteiger partial charge in [0.25, 0.3) is 0 Å². The third-order valence-corrected chi connectivity index (χ3v) is 29.0. The van der Waals surface area contributed by atoms with Crippen LogP contribution in [0.4, 0.5) is 0 Å². The van der Waals surface area contributed by atoms with Crippen molar-refractivity contribution in [1.29, 1.82) is 0 Å². The summed E-state index contributed by atoms with van der Waals surface area (Å²) in [6.07, 6.45) is 17.7. The molecule has 0 saturated heterocycles. The minimum absolute atomic E-state index is 0. The molecule has 0 spiro atoms. The molecular weight excluding hydrogens is 1550 g/mol. The van der Waals surface area contributed by atoms with E-state index >= 15 is 0 Å². The second-order valence-corrected chi connectivity index (χ2v) is 39.3. The predicted octanol–water partition coefficient (Wildman–Crippen LogP) is 24.8. The molecule has 0 saturated carbocycles. The topological polar surface area (TPSA) is 52.9 Å². The van der Waals surface area contributed by atoms with Crippen molar-refractivity contribution in [2.75, 3.05) is 0 Å². The van der Waals surface area contributed by atoms with Crippen LogP contribution in [0.15, 0.2) is 256 Å². The summed E-state index contributed by atoms with van der Waals surface area (Å²) in [7, 11) is 12.7. The maximum atomic E-state index is 2.41. The van der Waals surface area contributed by atoms with Crippen LogP contribution in [-0.2, 0) is 74.8 Å². The van der Waals surface area contributed by atoms with Crippen LogP contribution >= 0.6 is 0 Å². The number of rotatable bonds is 8. The molecule has 666 valence electrons. The molecule has 0 aliphatic carbocycles. The Hall–Kier alpha value is -11.8. The van der Waals surface area contributed by atoms with E-state index in [1.54, 1.807) is 0 Å². The molecule has 18 rings (SSSR count). The molecule has 9 aromatic carbocycles. The first-order chi connectivity index (χ1) is 58.4. The van der Waals surface area contributed by atoms with E-state index in [0.29, 0.717) is 11.8 Å². The average molecular weight is 1700 g/mol. The van der Waals surface area contributed by atoms with Gasteiger partial charge in [-0.3, -0.25) is 0 Å². The van der Waals surface area contributed by atoms with Gasteiger partial charge in [-0.15, -0.1) is 46.8 Å². The molecule has 127 heavy (non-hydrogen) atoms. The van der Waals surface area contributed by atoms with Gasteiger partial charge in [-0.25, -0.2) is 0 Å². The summed E-state index contributed by atoms with van der Waals surface area (Å²) >= 11 is 0. The molecule has 0 atom stereocenters. The highest BCUT2D eigenvalue weighted by molar-refractivity contribution is 5.72. The number of benzene rings is 9. The smallest absolute Gasteiger partial charge is 0.155 e. The number of hydrogen-bond donors (Lipinski definition) is 0. The molecule has 0 bridgehead atoms. The average Bonchev–Trinajstić information content (AvgIpc) is 1.63. The maximum absolute atomic E-state index is 2.41. The van der Waals surface area contributed by atoms with E-state index in [1.165, 1.54) is 168 Å². The first kappa shape index (κ1) is 97.4. The molecule has 12 heteroatoms. The van der Waals surface area contributed by atoms with E-state index in [0.717, 1.165) is 0 Å². The highest BCUT2D eigenvalue weighted by Gasteiger charge is 2.55. The van der Waals surface area contributed by atoms with Crippen molar-refractivity contribution in [2.45, 2.75) is 247 Å². The van der Waals surface area contributed by atoms with Crippen molar-refractivity contribution in [3.05, 3.63) is 356 Å². The minimum Gasteiger partial charge on any atom is -0.155 e. The fourth-order valence-electron chi connectivity index (χ4n) is 19.6. The van der Waals surface area contributed by atoms with Gasteiger partial charge in [0.15, 0.2) is 47.6 Å². The Labute approximate surface area is 764 Å². The van der Waals surface area contributed by atoms with Gasteiger partial charge in [0, 0.05) is 55.9 Å². The molecule has 3 aliphatic rings. The number of nitrogens with zero attached hydrogens (tertiary/aromatic N) is 12. The molecule has 9 heterocycles. The summed E-state index contributed by atoms with van der Waals surface area (Å²) in [4.78, 5) is 0. The number of aromatic nitrogens is 12. The third kappa shape index (κ3) is 17.4. The van der Waals surface area contributed by atoms with Gasteiger partial charge in [-0.2, -0.15) is 4.68 Å². The summed E-state index contributed by atoms with van der Waals surface area (Å²) in [5, 5.41) is 0. The molecule has 0 unspecified atom stereocenters. The van der Waals surface area contributed by atoms with E-state index in [1.807, 2.05) is 6.07 Å². The van der Waals surface area contributed by atoms with Gasteiger partial charge in [-0.1, -0.05) is 300 Å². The second kappa shape index (κ2) is 37.3. The van der Waals surface area contributed by atoms with Gasteiger partial charge in [0.2, 0.25) is 30.0 Å². The summed E-state index contributed by atoms with van der Waals surface area (Å²) in [6.45, 7) is 59.4. The van der Waals surface area contributed by atoms with E-state index in [2.05, 4.69) is 528 Å². The lowest BCUT2D eigenvalue weighted by Crippen LogP contribution is -2.58. The summed E-state index contributed by atoms with van der Waals surface area (Å²) in [5.41, 5.74) is 40.7. The highest BCUT2D eigenvalue weighted by atomic mass is 15.4. The van der Waals surface area contributed by atoms with Gasteiger partial charge in [0.1, 0.15) is 28.4 Å². The SMILES string of the molecule is C.C.C.Cc1cccc2c1-[n+]1c(cc(C)n1C)C(C)(C)C2(C)C.Cc1cccc2c1-n1c(c(C)c[n+]1C)C(C)(C)C2(C)C.Cc1cccc2c1-n1c(cc[n+]1C)C(C)(C)C2(C)C.Cc1ccccc1-n1cc(-c2c(C(C)C)cccc2C(C)C)c[n+]1C.Cc1ccccc1-n1cc(-c2c(C)cccc2C)c[n+]1C.Cc1ccccc1-n1cc(-c2ccccc2)c[n+]1C. The van der Waals surface area contributed by atoms with Crippen LogP contribution in [0, 0.1) is 69.2 Å². The van der Waals surface area contributed by atoms with Crippen molar-refractivity contribution in [1.82, 2.24) is 28.1 Å². The maximum Gasteiger partial charge on any atom is 0.242 e. The van der Waals surface area contributed by atoms with Gasteiger partial charge >= 0.3 is 0 Å². The van der Waals surface area contributed by atoms with Crippen LogP contribution in [0.5, 0.6) is 0 Å². The van der Waals surface area contributed by atoms with Crippen molar-refractivity contribution in [2.24, 2.45) is 42.3 Å². The van der Waals surface area contributed by atoms with E-state index in [4.69, 9.17) is 0 Å². The molecule has 0 fully saturated rings. The zero-order chi connectivity index (χ0) is 90.1. The quantitative estimate of drug-likeness (QED) is 0.136. The van der Waals surface area contributed by atoms with Crippen LogP contribution in [0.1, 0.15) is 246 Å². The lowest BCUT2D eigenvalue weighted by molar-refractivity contribution is -0.745. The second-order valence-electron chi connectivity index (χ2n) is 39.3. The Bertz CT molecular complexity index is 6360. The monoisotopic (exact) mass is 1700 g/mol. The van der Waals surface area contributed by atoms with Crippen LogP contribution in [0.3, 0.4) is 0 Å². The van der Waals surface area contributed by atoms with Gasteiger partial charge < -0.3 is 0 Å². The van der Waals surface area contributed by atoms with Crippen molar-refractivity contribution < 1.29 is 28.1 Å². The first-order valence-electron chi connectivity index (χ1n) is 44.7. The zero-order valence-corrected chi connectivity index (χ0v) is 80.8. The lowest BCUT2D eigenvalue weighted by Gasteiger charge is -2.46. The van der Waals surface area contributed by atoms with Gasteiger partial charge in [-0.05, 0) is 191 Å². The fourth-order valence-corrected chi connectivity index (χ4v) is 19.6. The normalized spacial score (nSPS) is 14.3. The first-order valence-corrected chi connectivity index (χ1v) is 44.7. The lowest BCUT2D eigenvalue weighted by atomic mass is 9.59. The fraction of sp³-hybridized carbons (Fsp3) is 0.374. The molecule has 3 aliphatic heterocycles. The zero-order valence-electron chi connectivity index (χ0n) is 80.8. The largest absolute Gasteiger partial charge is 0.242 e. The summed E-state index contributed by atoms with van der Waals surface area (Å²) in [5.74, 6) is 1.00. The third-order valence-electron chi connectivity index (χ3n) is 29.0. The summed E-state index contributed by atoms with van der Waals surface area (Å²) < 4.78 is 26.9. The van der Waals surface area contributed by atoms with Crippen molar-refractivity contribution in [3.8, 4) is 67.5 Å². The van der Waals surface area contributed by atoms with E-state index in [-0.39, 0.29) is 54.8 Å². The molecule has 15 aromatic rings. The molecule has 6 aromatic heterocycles. The molecule has 12 nitrogen and oxygen atoms in total. The molecule has 0 N–H and O–H groups in total. The van der Waals surface area contributed by atoms with Crippen molar-refractivity contribution >= 4 is 0 Å². The van der Waals surface area contributed by atoms with Crippen molar-refractivity contribution in [3.63, 3.8) is 0 Å². The predicted molar refractivity (Wildman–Crippen MR) is 532 cm³/mol. The Balaban J connectivity index is 0.000000158. The Kier molecular flexibility index (Phi) is 28.6. The molecule has 0 radical (unpaired) electrons. The number of fused-ring (bicyclic) bond motifs is 9.